The first-order valence-electron chi connectivity index (χ1n) is 14.3. The second-order valence-electron chi connectivity index (χ2n) is 11.8. The highest BCUT2D eigenvalue weighted by molar-refractivity contribution is 8.18. The van der Waals surface area contributed by atoms with Gasteiger partial charge in [-0.25, -0.2) is 37.5 Å². The van der Waals surface area contributed by atoms with Crippen LogP contribution in [0.2, 0.25) is 0 Å². The number of halogens is 8. The number of benzene rings is 1. The van der Waals surface area contributed by atoms with Crippen molar-refractivity contribution in [2.45, 2.75) is 79.1 Å². The van der Waals surface area contributed by atoms with Crippen molar-refractivity contribution >= 4 is 10.9 Å². The molecule has 5 rings (SSSR count). The molecule has 8 nitrogen and oxygen atoms in total. The monoisotopic (exact) mass is 684 g/mol. The lowest BCUT2D eigenvalue weighted by Crippen LogP contribution is -2.54. The van der Waals surface area contributed by atoms with Crippen LogP contribution in [-0.4, -0.2) is 83.7 Å². The molecule has 0 spiro atoms. The molecule has 2 aliphatic rings. The summed E-state index contributed by atoms with van der Waals surface area (Å²) in [5.41, 5.74) is -3.71. The molecule has 46 heavy (non-hydrogen) atoms. The Hall–Kier alpha value is -2.86. The SMILES string of the molecule is CO[C@H]1C[SH]([C@@H](c2nccc(C(F)(F)F)c2C)C2(O)CCC(F)(F)CC2)[C@H](CO)[C@H](O)[C@@H]1n1cc(-c2cc(F)c(F)c(F)c2)nn1. The summed E-state index contributed by atoms with van der Waals surface area (Å²) in [4.78, 5) is 4.21. The average Bonchev–Trinajstić information content (AvgIpc) is 3.47. The number of thiol groups is 1. The number of hydrogen-bond acceptors (Lipinski definition) is 7. The van der Waals surface area contributed by atoms with Crippen LogP contribution in [0.25, 0.3) is 11.3 Å². The molecule has 254 valence electrons. The number of rotatable bonds is 7. The van der Waals surface area contributed by atoms with Gasteiger partial charge in [-0.2, -0.15) is 13.2 Å². The standard InChI is InChI=1S/C29H32F8N4O4S/c1-14-16(29(35,36)37)3-8-38-23(14)26(27(44)4-6-28(33,34)7-5-27)46-13-20(45-2)24(25(43)21(46)12-42)41-11-19(39-40-41)15-9-17(30)22(32)18(31)10-15/h3,8-11,20-21,24-26,42-44,46H,4-7,12-13H2,1-2H3/t20-,21+,24+,25-,26-/m0/s1. The fourth-order valence-corrected chi connectivity index (χ4v) is 10.5. The summed E-state index contributed by atoms with van der Waals surface area (Å²) in [6.07, 6.45) is -7.52. The van der Waals surface area contributed by atoms with Gasteiger partial charge in [0.05, 0.1) is 47.1 Å². The van der Waals surface area contributed by atoms with Crippen LogP contribution in [0.3, 0.4) is 0 Å². The predicted octanol–water partition coefficient (Wildman–Crippen LogP) is 5.06. The lowest BCUT2D eigenvalue weighted by Gasteiger charge is -2.53. The van der Waals surface area contributed by atoms with Crippen molar-refractivity contribution in [2.75, 3.05) is 19.5 Å². The number of aliphatic hydroxyl groups excluding tert-OH is 2. The third kappa shape index (κ3) is 6.35. The largest absolute Gasteiger partial charge is 0.416 e. The minimum Gasteiger partial charge on any atom is -0.395 e. The number of ether oxygens (including phenoxy) is 1. The number of methoxy groups -OCH3 is 1. The lowest BCUT2D eigenvalue weighted by molar-refractivity contribution is -0.138. The number of hydrogen-bond donors (Lipinski definition) is 4. The molecule has 1 saturated heterocycles. The van der Waals surface area contributed by atoms with Crippen LogP contribution >= 0.6 is 10.9 Å². The van der Waals surface area contributed by atoms with E-state index in [0.29, 0.717) is 12.1 Å². The summed E-state index contributed by atoms with van der Waals surface area (Å²) in [6.45, 7) is 0.466. The van der Waals surface area contributed by atoms with Gasteiger partial charge in [-0.05, 0) is 43.5 Å². The molecular weight excluding hydrogens is 652 g/mol. The maximum absolute atomic E-state index is 14.3. The Morgan fingerprint density at radius 1 is 1.11 bits per heavy atom. The van der Waals surface area contributed by atoms with Gasteiger partial charge < -0.3 is 20.1 Å². The molecule has 2 aromatic heterocycles. The first kappa shape index (κ1) is 34.5. The molecule has 1 aromatic carbocycles. The van der Waals surface area contributed by atoms with Gasteiger partial charge in [0.1, 0.15) is 11.7 Å². The van der Waals surface area contributed by atoms with E-state index in [4.69, 9.17) is 4.74 Å². The Morgan fingerprint density at radius 2 is 1.74 bits per heavy atom. The van der Waals surface area contributed by atoms with Gasteiger partial charge in [0.2, 0.25) is 5.92 Å². The van der Waals surface area contributed by atoms with Gasteiger partial charge in [0, 0.05) is 42.7 Å². The molecule has 1 aliphatic heterocycles. The van der Waals surface area contributed by atoms with Crippen molar-refractivity contribution in [3.63, 3.8) is 0 Å². The highest BCUT2D eigenvalue weighted by atomic mass is 32.2. The number of aromatic nitrogens is 4. The Balaban J connectivity index is 1.57. The molecule has 1 unspecified atom stereocenters. The summed E-state index contributed by atoms with van der Waals surface area (Å²) < 4.78 is 118. The smallest absolute Gasteiger partial charge is 0.395 e. The van der Waals surface area contributed by atoms with E-state index in [0.717, 1.165) is 16.9 Å². The first-order valence-corrected chi connectivity index (χ1v) is 15.9. The zero-order valence-electron chi connectivity index (χ0n) is 24.5. The van der Waals surface area contributed by atoms with Gasteiger partial charge in [-0.1, -0.05) is 5.21 Å². The average molecular weight is 685 g/mol. The summed E-state index contributed by atoms with van der Waals surface area (Å²) >= 11 is 0. The fourth-order valence-electron chi connectivity index (χ4n) is 6.58. The van der Waals surface area contributed by atoms with Crippen LogP contribution < -0.4 is 0 Å². The van der Waals surface area contributed by atoms with Crippen molar-refractivity contribution in [1.82, 2.24) is 20.0 Å². The van der Waals surface area contributed by atoms with Crippen LogP contribution in [0.1, 0.15) is 53.8 Å². The fraction of sp³-hybridized carbons (Fsp3) is 0.552. The Kier molecular flexibility index (Phi) is 9.47. The van der Waals surface area contributed by atoms with E-state index >= 15 is 0 Å². The number of alkyl halides is 5. The van der Waals surface area contributed by atoms with Crippen molar-refractivity contribution in [1.29, 1.82) is 0 Å². The van der Waals surface area contributed by atoms with Crippen molar-refractivity contribution < 1.29 is 55.2 Å². The van der Waals surface area contributed by atoms with E-state index in [-0.39, 0.29) is 28.3 Å². The molecule has 1 aliphatic carbocycles. The van der Waals surface area contributed by atoms with E-state index in [2.05, 4.69) is 15.3 Å². The maximum Gasteiger partial charge on any atom is 0.416 e. The number of pyridine rings is 1. The minimum absolute atomic E-state index is 0.0471. The van der Waals surface area contributed by atoms with Crippen LogP contribution in [0, 0.1) is 24.4 Å². The van der Waals surface area contributed by atoms with E-state index in [9.17, 15) is 50.4 Å². The third-order valence-corrected chi connectivity index (χ3v) is 12.5. The zero-order valence-corrected chi connectivity index (χ0v) is 25.4. The van der Waals surface area contributed by atoms with E-state index < -0.39 is 113 Å². The molecular formula is C29H32F8N4O4S. The minimum atomic E-state index is -4.79. The van der Waals surface area contributed by atoms with E-state index in [1.807, 2.05) is 0 Å². The zero-order chi connectivity index (χ0) is 33.8. The van der Waals surface area contributed by atoms with E-state index in [1.165, 1.54) is 20.2 Å². The van der Waals surface area contributed by atoms with Crippen LogP contribution in [0.15, 0.2) is 30.6 Å². The molecule has 1 saturated carbocycles. The van der Waals surface area contributed by atoms with Crippen LogP contribution in [0.5, 0.6) is 0 Å². The number of nitrogens with zero attached hydrogens (tertiary/aromatic N) is 4. The molecule has 2 fully saturated rings. The van der Waals surface area contributed by atoms with Crippen molar-refractivity contribution in [3.05, 3.63) is 64.9 Å². The summed E-state index contributed by atoms with van der Waals surface area (Å²) in [5, 5.41) is 39.7. The summed E-state index contributed by atoms with van der Waals surface area (Å²) in [7, 11) is -0.655. The summed E-state index contributed by atoms with van der Waals surface area (Å²) in [5.74, 6) is -7.75. The Labute approximate surface area is 260 Å². The molecule has 3 aromatic rings. The van der Waals surface area contributed by atoms with Gasteiger partial charge in [0.15, 0.2) is 17.5 Å². The van der Waals surface area contributed by atoms with Crippen molar-refractivity contribution in [2.24, 2.45) is 0 Å². The predicted molar refractivity (Wildman–Crippen MR) is 151 cm³/mol. The Bertz CT molecular complexity index is 1540. The van der Waals surface area contributed by atoms with Gasteiger partial charge in [0.25, 0.3) is 0 Å². The second-order valence-corrected chi connectivity index (χ2v) is 14.3. The lowest BCUT2D eigenvalue weighted by atomic mass is 9.78. The van der Waals surface area contributed by atoms with Gasteiger partial charge >= 0.3 is 6.18 Å². The van der Waals surface area contributed by atoms with Crippen molar-refractivity contribution in [3.8, 4) is 11.3 Å². The highest BCUT2D eigenvalue weighted by Gasteiger charge is 2.55. The summed E-state index contributed by atoms with van der Waals surface area (Å²) in [6, 6.07) is 1.09. The molecule has 3 N–H and O–H groups in total. The molecule has 0 amide bonds. The molecule has 17 heteroatoms. The van der Waals surface area contributed by atoms with Gasteiger partial charge in [-0.15, -0.1) is 5.10 Å². The third-order valence-electron chi connectivity index (χ3n) is 9.02. The molecule has 3 heterocycles. The normalized spacial score (nSPS) is 27.8. The molecule has 6 atom stereocenters. The van der Waals surface area contributed by atoms with Crippen LogP contribution in [0.4, 0.5) is 35.1 Å². The second kappa shape index (κ2) is 12.6. The molecule has 0 radical (unpaired) electrons. The quantitative estimate of drug-likeness (QED) is 0.156. The first-order chi connectivity index (χ1) is 21.5. The van der Waals surface area contributed by atoms with Gasteiger partial charge in [-0.3, -0.25) is 4.98 Å². The highest BCUT2D eigenvalue weighted by Crippen LogP contribution is 2.61. The van der Waals surface area contributed by atoms with Crippen LogP contribution in [-0.2, 0) is 10.9 Å². The Morgan fingerprint density at radius 3 is 2.30 bits per heavy atom. The maximum atomic E-state index is 14.3. The number of aliphatic hydroxyl groups is 3. The van der Waals surface area contributed by atoms with E-state index in [1.54, 1.807) is 0 Å². The topological polar surface area (TPSA) is 114 Å². The molecule has 0 bridgehead atoms.